The Morgan fingerprint density at radius 3 is 2.74 bits per heavy atom. The maximum absolute atomic E-state index is 13.0. The highest BCUT2D eigenvalue weighted by Crippen LogP contribution is 2.28. The van der Waals surface area contributed by atoms with Gasteiger partial charge < -0.3 is 14.6 Å². The highest BCUT2D eigenvalue weighted by molar-refractivity contribution is 5.95. The minimum Gasteiger partial charge on any atom is -0.415 e. The molecule has 4 aromatic rings. The van der Waals surface area contributed by atoms with Crippen molar-refractivity contribution >= 4 is 5.91 Å². The first-order valence-corrected chi connectivity index (χ1v) is 11.4. The quantitative estimate of drug-likeness (QED) is 0.486. The van der Waals surface area contributed by atoms with Crippen LogP contribution in [0, 0.1) is 18.3 Å². The molecule has 1 N–H and O–H groups in total. The van der Waals surface area contributed by atoms with Crippen LogP contribution in [0.1, 0.15) is 28.0 Å². The van der Waals surface area contributed by atoms with Gasteiger partial charge in [0.05, 0.1) is 29.2 Å². The second-order valence-corrected chi connectivity index (χ2v) is 8.24. The zero-order chi connectivity index (χ0) is 24.2. The van der Waals surface area contributed by atoms with Crippen LogP contribution in [-0.2, 0) is 0 Å². The number of hydrogen-bond donors (Lipinski definition) is 1. The van der Waals surface area contributed by atoms with Gasteiger partial charge >= 0.3 is 0 Å². The number of benzene rings is 2. The summed E-state index contributed by atoms with van der Waals surface area (Å²) in [5.41, 5.74) is 3.77. The zero-order valence-corrected chi connectivity index (χ0v) is 19.2. The lowest BCUT2D eigenvalue weighted by atomic mass is 10.0. The molecule has 2 aromatic heterocycles. The van der Waals surface area contributed by atoms with E-state index in [1.54, 1.807) is 24.4 Å². The minimum absolute atomic E-state index is 0.0771. The average Bonchev–Trinajstić information content (AvgIpc) is 3.23. The number of aromatic nitrogens is 4. The summed E-state index contributed by atoms with van der Waals surface area (Å²) in [5, 5.41) is 21.4. The Labute approximate surface area is 202 Å². The van der Waals surface area contributed by atoms with Crippen LogP contribution in [0.15, 0.2) is 59.1 Å². The van der Waals surface area contributed by atoms with E-state index in [0.29, 0.717) is 52.8 Å². The van der Waals surface area contributed by atoms with Gasteiger partial charge in [-0.05, 0) is 44.2 Å². The van der Waals surface area contributed by atoms with Crippen LogP contribution in [0.5, 0.6) is 0 Å². The fourth-order valence-electron chi connectivity index (χ4n) is 4.02. The Morgan fingerprint density at radius 2 is 1.91 bits per heavy atom. The second kappa shape index (κ2) is 9.83. The lowest BCUT2D eigenvalue weighted by molar-refractivity contribution is 0.0766. The molecule has 1 fully saturated rings. The van der Waals surface area contributed by atoms with Gasteiger partial charge in [0.25, 0.3) is 11.8 Å². The normalized spacial score (nSPS) is 13.8. The molecule has 9 nitrogen and oxygen atoms in total. The summed E-state index contributed by atoms with van der Waals surface area (Å²) in [5.74, 6) is 0.555. The molecule has 0 bridgehead atoms. The molecule has 35 heavy (non-hydrogen) atoms. The molecule has 1 aliphatic rings. The van der Waals surface area contributed by atoms with Gasteiger partial charge in [-0.2, -0.15) is 5.26 Å². The molecule has 0 spiro atoms. The van der Waals surface area contributed by atoms with Gasteiger partial charge in [-0.1, -0.05) is 24.3 Å². The molecular formula is C26H23N7O2. The number of nitriles is 1. The van der Waals surface area contributed by atoms with E-state index >= 15 is 0 Å². The highest BCUT2D eigenvalue weighted by Gasteiger charge is 2.20. The van der Waals surface area contributed by atoms with Crippen molar-refractivity contribution in [3.63, 3.8) is 0 Å². The summed E-state index contributed by atoms with van der Waals surface area (Å²) in [6, 6.07) is 16.8. The zero-order valence-electron chi connectivity index (χ0n) is 19.2. The monoisotopic (exact) mass is 465 g/mol. The standard InChI is InChI=1S/C26H23N7O2/c1-17-23(25-32-31-24(35-25)18-6-3-2-4-7-18)30-22(16-29-17)21-9-8-19(14-20(21)15-27)26(34)33-12-5-10-28-11-13-33/h2-4,6-9,14,16,28H,5,10-13H2,1H3. The van der Waals surface area contributed by atoms with Crippen LogP contribution in [0.25, 0.3) is 34.3 Å². The molecule has 1 saturated heterocycles. The van der Waals surface area contributed by atoms with E-state index in [1.807, 2.05) is 42.2 Å². The summed E-state index contributed by atoms with van der Waals surface area (Å²) >= 11 is 0. The van der Waals surface area contributed by atoms with E-state index in [4.69, 9.17) is 9.40 Å². The molecule has 0 aliphatic carbocycles. The number of rotatable bonds is 4. The largest absolute Gasteiger partial charge is 0.415 e. The maximum atomic E-state index is 13.0. The molecular weight excluding hydrogens is 442 g/mol. The van der Waals surface area contributed by atoms with Gasteiger partial charge in [0.2, 0.25) is 5.89 Å². The van der Waals surface area contributed by atoms with Crippen molar-refractivity contribution in [2.75, 3.05) is 26.2 Å². The number of amides is 1. The summed E-state index contributed by atoms with van der Waals surface area (Å²) in [6.07, 6.45) is 2.50. The fraction of sp³-hybridized carbons (Fsp3) is 0.231. The van der Waals surface area contributed by atoms with Crippen LogP contribution in [0.3, 0.4) is 0 Å². The molecule has 9 heteroatoms. The molecule has 0 atom stereocenters. The third-order valence-corrected chi connectivity index (χ3v) is 5.89. The lowest BCUT2D eigenvalue weighted by Crippen LogP contribution is -2.34. The van der Waals surface area contributed by atoms with Crippen molar-refractivity contribution in [2.45, 2.75) is 13.3 Å². The predicted octanol–water partition coefficient (Wildman–Crippen LogP) is 3.48. The molecule has 5 rings (SSSR count). The van der Waals surface area contributed by atoms with Crippen molar-refractivity contribution in [1.82, 2.24) is 30.4 Å². The van der Waals surface area contributed by atoms with Gasteiger partial charge in [-0.15, -0.1) is 10.2 Å². The Kier molecular flexibility index (Phi) is 6.28. The molecule has 1 amide bonds. The molecule has 1 aliphatic heterocycles. The Morgan fingerprint density at radius 1 is 1.09 bits per heavy atom. The summed E-state index contributed by atoms with van der Waals surface area (Å²) in [4.78, 5) is 24.0. The molecule has 0 saturated carbocycles. The van der Waals surface area contributed by atoms with Crippen molar-refractivity contribution in [3.05, 3.63) is 71.5 Å². The fourth-order valence-corrected chi connectivity index (χ4v) is 4.02. The van der Waals surface area contributed by atoms with E-state index in [-0.39, 0.29) is 11.8 Å². The van der Waals surface area contributed by atoms with Crippen LogP contribution in [-0.4, -0.2) is 57.2 Å². The summed E-state index contributed by atoms with van der Waals surface area (Å²) in [7, 11) is 0. The van der Waals surface area contributed by atoms with Crippen molar-refractivity contribution in [1.29, 1.82) is 5.26 Å². The number of nitrogens with one attached hydrogen (secondary N) is 1. The molecule has 174 valence electrons. The van der Waals surface area contributed by atoms with Gasteiger partial charge in [0.15, 0.2) is 0 Å². The summed E-state index contributed by atoms with van der Waals surface area (Å²) in [6.45, 7) is 4.80. The number of nitrogens with zero attached hydrogens (tertiary/aromatic N) is 6. The van der Waals surface area contributed by atoms with Crippen LogP contribution in [0.4, 0.5) is 0 Å². The third-order valence-electron chi connectivity index (χ3n) is 5.89. The van der Waals surface area contributed by atoms with Crippen LogP contribution in [0.2, 0.25) is 0 Å². The lowest BCUT2D eigenvalue weighted by Gasteiger charge is -2.20. The highest BCUT2D eigenvalue weighted by atomic mass is 16.4. The van der Waals surface area contributed by atoms with Crippen LogP contribution < -0.4 is 5.32 Å². The molecule has 2 aromatic carbocycles. The first-order valence-electron chi connectivity index (χ1n) is 11.4. The van der Waals surface area contributed by atoms with Gasteiger partial charge in [0, 0.05) is 36.3 Å². The number of aryl methyl sites for hydroxylation is 1. The Balaban J connectivity index is 1.47. The van der Waals surface area contributed by atoms with Gasteiger partial charge in [-0.3, -0.25) is 9.78 Å². The first-order chi connectivity index (χ1) is 17.1. The first kappa shape index (κ1) is 22.4. The average molecular weight is 466 g/mol. The smallest absolute Gasteiger partial charge is 0.268 e. The van der Waals surface area contributed by atoms with E-state index in [1.165, 1.54) is 0 Å². The summed E-state index contributed by atoms with van der Waals surface area (Å²) < 4.78 is 5.87. The topological polar surface area (TPSA) is 121 Å². The van der Waals surface area contributed by atoms with E-state index in [9.17, 15) is 10.1 Å². The maximum Gasteiger partial charge on any atom is 0.268 e. The van der Waals surface area contributed by atoms with Crippen LogP contribution >= 0.6 is 0 Å². The van der Waals surface area contributed by atoms with E-state index in [2.05, 4.69) is 26.6 Å². The predicted molar refractivity (Wildman–Crippen MR) is 129 cm³/mol. The molecule has 0 unspecified atom stereocenters. The van der Waals surface area contributed by atoms with Crippen molar-refractivity contribution in [3.8, 4) is 40.4 Å². The van der Waals surface area contributed by atoms with Crippen molar-refractivity contribution < 1.29 is 9.21 Å². The number of carbonyl (C=O) groups excluding carboxylic acids is 1. The number of hydrogen-bond acceptors (Lipinski definition) is 8. The van der Waals surface area contributed by atoms with Gasteiger partial charge in [-0.25, -0.2) is 4.98 Å². The molecule has 3 heterocycles. The van der Waals surface area contributed by atoms with E-state index in [0.717, 1.165) is 25.1 Å². The Hall–Kier alpha value is -4.42. The number of carbonyl (C=O) groups is 1. The third kappa shape index (κ3) is 4.65. The van der Waals surface area contributed by atoms with E-state index < -0.39 is 0 Å². The second-order valence-electron chi connectivity index (χ2n) is 8.24. The molecule has 0 radical (unpaired) electrons. The SMILES string of the molecule is Cc1ncc(-c2ccc(C(=O)N3CCCNCC3)cc2C#N)nc1-c1nnc(-c2ccccc2)o1. The van der Waals surface area contributed by atoms with Crippen molar-refractivity contribution in [2.24, 2.45) is 0 Å². The Bertz CT molecular complexity index is 1400. The van der Waals surface area contributed by atoms with Gasteiger partial charge in [0.1, 0.15) is 5.69 Å². The minimum atomic E-state index is -0.0771.